The summed E-state index contributed by atoms with van der Waals surface area (Å²) in [5, 5.41) is 0.920. The number of amides is 1. The molecule has 0 N–H and O–H groups in total. The number of nitrogens with zero attached hydrogens (tertiary/aromatic N) is 4. The molecule has 0 saturated carbocycles. The Morgan fingerprint density at radius 3 is 2.71 bits per heavy atom. The lowest BCUT2D eigenvalue weighted by Gasteiger charge is -2.32. The summed E-state index contributed by atoms with van der Waals surface area (Å²) in [6.07, 6.45) is 8.97. The second-order valence-corrected chi connectivity index (χ2v) is 7.05. The summed E-state index contributed by atoms with van der Waals surface area (Å²) < 4.78 is 13.7. The maximum Gasteiger partial charge on any atom is 0.219 e. The number of piperidine rings is 1. The Bertz CT molecular complexity index is 1130. The minimum Gasteiger partial charge on any atom is -0.464 e. The van der Waals surface area contributed by atoms with Crippen molar-refractivity contribution >= 4 is 16.9 Å². The normalized spacial score (nSPS) is 15.4. The number of imidazole rings is 1. The van der Waals surface area contributed by atoms with Crippen LogP contribution < -0.4 is 0 Å². The van der Waals surface area contributed by atoms with Gasteiger partial charge in [-0.3, -0.25) is 9.78 Å². The first-order chi connectivity index (χ1) is 13.7. The van der Waals surface area contributed by atoms with Crippen LogP contribution in [0, 0.1) is 0 Å². The second kappa shape index (κ2) is 6.67. The summed E-state index contributed by atoms with van der Waals surface area (Å²) in [7, 11) is 0. The molecule has 28 heavy (non-hydrogen) atoms. The molecular formula is C21H20N4O3. The van der Waals surface area contributed by atoms with E-state index in [0.29, 0.717) is 17.6 Å². The van der Waals surface area contributed by atoms with Crippen molar-refractivity contribution in [2.75, 3.05) is 13.1 Å². The maximum atomic E-state index is 11.6. The molecule has 4 aromatic rings. The smallest absolute Gasteiger partial charge is 0.219 e. The zero-order valence-corrected chi connectivity index (χ0v) is 15.5. The van der Waals surface area contributed by atoms with Gasteiger partial charge < -0.3 is 18.3 Å². The molecule has 0 spiro atoms. The molecule has 5 heterocycles. The Hall–Kier alpha value is -3.35. The standard InChI is InChI=1S/C21H20N4O3/c1-14(26)24-10-5-15(6-11-24)25-12-9-23-21(25)19-3-2-18(28-19)20-16-7-13-27-17(16)4-8-22-20/h2-4,7-9,12-13,15H,5-6,10-11H2,1H3. The van der Waals surface area contributed by atoms with Crippen LogP contribution in [0.15, 0.2) is 58.0 Å². The zero-order chi connectivity index (χ0) is 19.1. The molecule has 142 valence electrons. The molecule has 7 nitrogen and oxygen atoms in total. The first-order valence-corrected chi connectivity index (χ1v) is 9.42. The lowest BCUT2D eigenvalue weighted by atomic mass is 10.0. The third-order valence-corrected chi connectivity index (χ3v) is 5.41. The fraction of sp³-hybridized carbons (Fsp3) is 0.286. The first-order valence-electron chi connectivity index (χ1n) is 9.42. The van der Waals surface area contributed by atoms with E-state index in [1.54, 1.807) is 25.6 Å². The van der Waals surface area contributed by atoms with Crippen LogP contribution >= 0.6 is 0 Å². The molecule has 1 saturated heterocycles. The molecule has 1 aliphatic rings. The van der Waals surface area contributed by atoms with Crippen LogP contribution in [0.1, 0.15) is 25.8 Å². The predicted molar refractivity (Wildman–Crippen MR) is 103 cm³/mol. The van der Waals surface area contributed by atoms with E-state index in [1.165, 1.54) is 0 Å². The van der Waals surface area contributed by atoms with Crippen molar-refractivity contribution in [3.05, 3.63) is 49.1 Å². The summed E-state index contributed by atoms with van der Waals surface area (Å²) >= 11 is 0. The van der Waals surface area contributed by atoms with Gasteiger partial charge in [-0.2, -0.15) is 0 Å². The molecule has 0 aliphatic carbocycles. The molecule has 0 bridgehead atoms. The van der Waals surface area contributed by atoms with E-state index in [-0.39, 0.29) is 5.91 Å². The van der Waals surface area contributed by atoms with Gasteiger partial charge in [0.15, 0.2) is 17.3 Å². The van der Waals surface area contributed by atoms with E-state index in [1.807, 2.05) is 35.4 Å². The summed E-state index contributed by atoms with van der Waals surface area (Å²) in [5.41, 5.74) is 1.53. The van der Waals surface area contributed by atoms with Crippen molar-refractivity contribution in [3.63, 3.8) is 0 Å². The summed E-state index contributed by atoms with van der Waals surface area (Å²) in [6.45, 7) is 3.17. The van der Waals surface area contributed by atoms with E-state index in [4.69, 9.17) is 8.83 Å². The van der Waals surface area contributed by atoms with Crippen LogP contribution in [0.25, 0.3) is 34.0 Å². The minimum absolute atomic E-state index is 0.140. The molecule has 0 unspecified atom stereocenters. The van der Waals surface area contributed by atoms with Crippen molar-refractivity contribution in [2.24, 2.45) is 0 Å². The van der Waals surface area contributed by atoms with E-state index < -0.39 is 0 Å². The molecule has 0 atom stereocenters. The largest absolute Gasteiger partial charge is 0.464 e. The quantitative estimate of drug-likeness (QED) is 0.537. The van der Waals surface area contributed by atoms with Gasteiger partial charge in [-0.1, -0.05) is 0 Å². The van der Waals surface area contributed by atoms with Crippen LogP contribution in [0.2, 0.25) is 0 Å². The van der Waals surface area contributed by atoms with Gasteiger partial charge in [0.25, 0.3) is 0 Å². The highest BCUT2D eigenvalue weighted by molar-refractivity contribution is 5.90. The molecule has 1 aliphatic heterocycles. The van der Waals surface area contributed by atoms with Crippen molar-refractivity contribution < 1.29 is 13.6 Å². The van der Waals surface area contributed by atoms with Gasteiger partial charge in [0.2, 0.25) is 5.91 Å². The third kappa shape index (κ3) is 2.79. The van der Waals surface area contributed by atoms with Gasteiger partial charge in [0.1, 0.15) is 11.3 Å². The number of hydrogen-bond donors (Lipinski definition) is 0. The van der Waals surface area contributed by atoms with Crippen molar-refractivity contribution in [1.82, 2.24) is 19.4 Å². The fourth-order valence-corrected chi connectivity index (χ4v) is 3.93. The summed E-state index contributed by atoms with van der Waals surface area (Å²) in [5.74, 6) is 2.33. The van der Waals surface area contributed by atoms with Gasteiger partial charge in [-0.25, -0.2) is 4.98 Å². The number of rotatable bonds is 3. The predicted octanol–water partition coefficient (Wildman–Crippen LogP) is 4.13. The summed E-state index contributed by atoms with van der Waals surface area (Å²) in [4.78, 5) is 22.5. The van der Waals surface area contributed by atoms with E-state index in [2.05, 4.69) is 14.5 Å². The fourth-order valence-electron chi connectivity index (χ4n) is 3.93. The Kier molecular flexibility index (Phi) is 4.00. The van der Waals surface area contributed by atoms with Crippen molar-refractivity contribution in [2.45, 2.75) is 25.8 Å². The van der Waals surface area contributed by atoms with Crippen LogP contribution in [0.5, 0.6) is 0 Å². The van der Waals surface area contributed by atoms with Gasteiger partial charge >= 0.3 is 0 Å². The molecule has 5 rings (SSSR count). The van der Waals surface area contributed by atoms with E-state index >= 15 is 0 Å². The number of carbonyl (C=O) groups is 1. The van der Waals surface area contributed by atoms with Crippen LogP contribution in [0.4, 0.5) is 0 Å². The Morgan fingerprint density at radius 1 is 1.07 bits per heavy atom. The van der Waals surface area contributed by atoms with E-state index in [0.717, 1.165) is 48.4 Å². The average Bonchev–Trinajstić information content (AvgIpc) is 3.47. The number of likely N-dealkylation sites (tertiary alicyclic amines) is 1. The van der Waals surface area contributed by atoms with E-state index in [9.17, 15) is 4.79 Å². The molecule has 1 amide bonds. The summed E-state index contributed by atoms with van der Waals surface area (Å²) in [6, 6.07) is 7.88. The number of furan rings is 2. The molecule has 4 aromatic heterocycles. The van der Waals surface area contributed by atoms with Gasteiger partial charge in [-0.05, 0) is 37.1 Å². The third-order valence-electron chi connectivity index (χ3n) is 5.41. The van der Waals surface area contributed by atoms with Crippen molar-refractivity contribution in [3.8, 4) is 23.0 Å². The monoisotopic (exact) mass is 376 g/mol. The Labute approximate surface area is 161 Å². The number of pyridine rings is 1. The highest BCUT2D eigenvalue weighted by atomic mass is 16.3. The maximum absolute atomic E-state index is 11.6. The van der Waals surface area contributed by atoms with Gasteiger partial charge in [0.05, 0.1) is 6.26 Å². The van der Waals surface area contributed by atoms with Gasteiger partial charge in [0, 0.05) is 50.0 Å². The molecular weight excluding hydrogens is 356 g/mol. The van der Waals surface area contributed by atoms with Crippen molar-refractivity contribution in [1.29, 1.82) is 0 Å². The van der Waals surface area contributed by atoms with Crippen LogP contribution in [-0.4, -0.2) is 38.4 Å². The number of hydrogen-bond acceptors (Lipinski definition) is 5. The lowest BCUT2D eigenvalue weighted by Crippen LogP contribution is -2.37. The molecule has 1 fully saturated rings. The molecule has 7 heteroatoms. The Balaban J connectivity index is 1.44. The topological polar surface area (TPSA) is 77.3 Å². The highest BCUT2D eigenvalue weighted by Gasteiger charge is 2.25. The zero-order valence-electron chi connectivity index (χ0n) is 15.5. The highest BCUT2D eigenvalue weighted by Crippen LogP contribution is 2.33. The number of carbonyl (C=O) groups excluding carboxylic acids is 1. The Morgan fingerprint density at radius 2 is 1.89 bits per heavy atom. The van der Waals surface area contributed by atoms with Crippen LogP contribution in [-0.2, 0) is 4.79 Å². The SMILES string of the molecule is CC(=O)N1CCC(n2ccnc2-c2ccc(-c3nccc4occc34)o2)CC1. The number of aromatic nitrogens is 3. The molecule has 0 radical (unpaired) electrons. The average molecular weight is 376 g/mol. The van der Waals surface area contributed by atoms with Gasteiger partial charge in [-0.15, -0.1) is 0 Å². The molecule has 0 aromatic carbocycles. The second-order valence-electron chi connectivity index (χ2n) is 7.05. The lowest BCUT2D eigenvalue weighted by molar-refractivity contribution is -0.130. The first kappa shape index (κ1) is 16.8. The minimum atomic E-state index is 0.140. The van der Waals surface area contributed by atoms with Crippen LogP contribution in [0.3, 0.4) is 0 Å². The number of fused-ring (bicyclic) bond motifs is 1.